The molecule has 3 heterocycles. The first kappa shape index (κ1) is 21.6. The third-order valence-electron chi connectivity index (χ3n) is 6.36. The van der Waals surface area contributed by atoms with Crippen molar-refractivity contribution in [2.75, 3.05) is 42.5 Å². The van der Waals surface area contributed by atoms with Crippen molar-refractivity contribution in [3.63, 3.8) is 0 Å². The van der Waals surface area contributed by atoms with E-state index in [1.807, 2.05) is 6.07 Å². The summed E-state index contributed by atoms with van der Waals surface area (Å²) in [4.78, 5) is 8.19. The molecule has 5 rings (SSSR count). The molecule has 2 aromatic carbocycles. The molecule has 0 bridgehead atoms. The van der Waals surface area contributed by atoms with Crippen molar-refractivity contribution in [2.24, 2.45) is 0 Å². The largest absolute Gasteiger partial charge is 0.507 e. The Labute approximate surface area is 191 Å². The Morgan fingerprint density at radius 2 is 1.67 bits per heavy atom. The second-order valence-corrected chi connectivity index (χ2v) is 8.47. The number of phenols is 1. The Balaban J connectivity index is 1.51. The van der Waals surface area contributed by atoms with Gasteiger partial charge in [-0.2, -0.15) is 0 Å². The van der Waals surface area contributed by atoms with E-state index < -0.39 is 17.9 Å². The molecule has 33 heavy (non-hydrogen) atoms. The van der Waals surface area contributed by atoms with Crippen LogP contribution in [-0.2, 0) is 0 Å². The molecule has 0 aliphatic carbocycles. The molecule has 3 aromatic rings. The lowest BCUT2D eigenvalue weighted by atomic mass is 9.97. The molecule has 0 spiro atoms. The van der Waals surface area contributed by atoms with E-state index in [4.69, 9.17) is 0 Å². The predicted octanol–water partition coefficient (Wildman–Crippen LogP) is 3.73. The number of aromatic hydroxyl groups is 1. The summed E-state index contributed by atoms with van der Waals surface area (Å²) in [5.41, 5.74) is 1.82. The van der Waals surface area contributed by atoms with Gasteiger partial charge in [-0.3, -0.25) is 0 Å². The maximum absolute atomic E-state index is 14.9. The number of anilines is 2. The highest BCUT2D eigenvalue weighted by Crippen LogP contribution is 2.41. The third-order valence-corrected chi connectivity index (χ3v) is 6.36. The molecule has 0 amide bonds. The fourth-order valence-corrected chi connectivity index (χ4v) is 4.63. The van der Waals surface area contributed by atoms with E-state index in [9.17, 15) is 19.0 Å². The molecule has 1 atom stereocenters. The fourth-order valence-electron chi connectivity index (χ4n) is 4.63. The monoisotopic (exact) mass is 452 g/mol. The van der Waals surface area contributed by atoms with Gasteiger partial charge in [-0.05, 0) is 60.4 Å². The maximum atomic E-state index is 14.9. The van der Waals surface area contributed by atoms with Gasteiger partial charge in [0.25, 0.3) is 0 Å². The van der Waals surface area contributed by atoms with Gasteiger partial charge in [-0.15, -0.1) is 0 Å². The normalized spacial score (nSPS) is 18.7. The number of phenolic OH excluding ortho intramolecular Hbond substituents is 1. The topological polar surface area (TPSA) is 71.9 Å². The number of aliphatic hydroxyl groups excluding tert-OH is 1. The zero-order chi connectivity index (χ0) is 22.9. The van der Waals surface area contributed by atoms with Gasteiger partial charge in [0.2, 0.25) is 0 Å². The number of aromatic nitrogens is 1. The van der Waals surface area contributed by atoms with Gasteiger partial charge in [0.05, 0.1) is 5.69 Å². The van der Waals surface area contributed by atoms with Crippen LogP contribution in [0.15, 0.2) is 48.7 Å². The lowest BCUT2D eigenvalue weighted by molar-refractivity contribution is 0.185. The summed E-state index contributed by atoms with van der Waals surface area (Å²) in [7, 11) is 0. The molecule has 2 saturated heterocycles. The van der Waals surface area contributed by atoms with Crippen LogP contribution in [-0.4, -0.2) is 54.1 Å². The predicted molar refractivity (Wildman–Crippen MR) is 124 cm³/mol. The second-order valence-electron chi connectivity index (χ2n) is 8.47. The van der Waals surface area contributed by atoms with Crippen molar-refractivity contribution in [1.29, 1.82) is 0 Å². The van der Waals surface area contributed by atoms with E-state index in [1.165, 1.54) is 18.2 Å². The second kappa shape index (κ2) is 8.96. The number of halogens is 2. The van der Waals surface area contributed by atoms with Crippen molar-refractivity contribution in [3.05, 3.63) is 60.3 Å². The van der Waals surface area contributed by atoms with Crippen molar-refractivity contribution in [1.82, 2.24) is 10.3 Å². The van der Waals surface area contributed by atoms with E-state index in [1.54, 1.807) is 29.3 Å². The lowest BCUT2D eigenvalue weighted by Crippen LogP contribution is -2.43. The quantitative estimate of drug-likeness (QED) is 0.561. The van der Waals surface area contributed by atoms with Crippen LogP contribution in [0.1, 0.15) is 12.8 Å². The van der Waals surface area contributed by atoms with E-state index in [-0.39, 0.29) is 11.3 Å². The standard InChI is InChI=1S/C25H26F2N4O2/c26-18-14-19(16-3-4-22(21(27)12-16)31-9-1-2-24(31)32)25(33)20(15-18)17-5-6-29-23(13-17)30-10-7-28-8-11-30/h3-6,12-15,24,28,32-33H,1-2,7-11H2. The molecule has 2 aliphatic heterocycles. The first-order valence-electron chi connectivity index (χ1n) is 11.2. The molecular formula is C25H26F2N4O2. The first-order valence-corrected chi connectivity index (χ1v) is 11.2. The van der Waals surface area contributed by atoms with Crippen LogP contribution >= 0.6 is 0 Å². The molecule has 2 aliphatic rings. The number of nitrogens with one attached hydrogen (secondary N) is 1. The Hall–Kier alpha value is -3.23. The highest BCUT2D eigenvalue weighted by Gasteiger charge is 2.25. The van der Waals surface area contributed by atoms with Crippen molar-refractivity contribution in [2.45, 2.75) is 19.1 Å². The third kappa shape index (κ3) is 4.24. The summed E-state index contributed by atoms with van der Waals surface area (Å²) in [5.74, 6) is -0.414. The van der Waals surface area contributed by atoms with Crippen molar-refractivity contribution < 1.29 is 19.0 Å². The summed E-state index contributed by atoms with van der Waals surface area (Å²) in [6.45, 7) is 3.92. The first-order chi connectivity index (χ1) is 16.0. The number of rotatable bonds is 4. The summed E-state index contributed by atoms with van der Waals surface area (Å²) in [5, 5.41) is 24.4. The minimum Gasteiger partial charge on any atom is -0.507 e. The minimum atomic E-state index is -0.712. The maximum Gasteiger partial charge on any atom is 0.147 e. The van der Waals surface area contributed by atoms with Gasteiger partial charge in [0.15, 0.2) is 0 Å². The van der Waals surface area contributed by atoms with E-state index in [0.717, 1.165) is 38.4 Å². The van der Waals surface area contributed by atoms with Crippen molar-refractivity contribution in [3.8, 4) is 28.0 Å². The molecule has 3 N–H and O–H groups in total. The van der Waals surface area contributed by atoms with Gasteiger partial charge in [-0.25, -0.2) is 13.8 Å². The smallest absolute Gasteiger partial charge is 0.147 e. The summed E-state index contributed by atoms with van der Waals surface area (Å²) < 4.78 is 29.6. The molecule has 2 fully saturated rings. The molecule has 1 aromatic heterocycles. The Kier molecular flexibility index (Phi) is 5.86. The van der Waals surface area contributed by atoms with E-state index >= 15 is 0 Å². The van der Waals surface area contributed by atoms with E-state index in [2.05, 4.69) is 15.2 Å². The highest BCUT2D eigenvalue weighted by atomic mass is 19.1. The number of pyridine rings is 1. The van der Waals surface area contributed by atoms with Crippen LogP contribution in [0.4, 0.5) is 20.3 Å². The number of aliphatic hydroxyl groups is 1. The van der Waals surface area contributed by atoms with Crippen LogP contribution < -0.4 is 15.1 Å². The van der Waals surface area contributed by atoms with Crippen LogP contribution in [0.3, 0.4) is 0 Å². The van der Waals surface area contributed by atoms with Gasteiger partial charge in [-0.1, -0.05) is 6.07 Å². The molecule has 172 valence electrons. The summed E-state index contributed by atoms with van der Waals surface area (Å²) in [6, 6.07) is 10.5. The van der Waals surface area contributed by atoms with Gasteiger partial charge < -0.3 is 25.3 Å². The van der Waals surface area contributed by atoms with Gasteiger partial charge in [0.1, 0.15) is 29.4 Å². The lowest BCUT2D eigenvalue weighted by Gasteiger charge is -2.28. The average Bonchev–Trinajstić information content (AvgIpc) is 3.26. The zero-order valence-electron chi connectivity index (χ0n) is 18.1. The zero-order valence-corrected chi connectivity index (χ0v) is 18.1. The van der Waals surface area contributed by atoms with Crippen LogP contribution in [0.2, 0.25) is 0 Å². The average molecular weight is 453 g/mol. The molecule has 0 radical (unpaired) electrons. The Bertz CT molecular complexity index is 1170. The molecule has 8 heteroatoms. The van der Waals surface area contributed by atoms with Crippen molar-refractivity contribution >= 4 is 11.5 Å². The van der Waals surface area contributed by atoms with Gasteiger partial charge >= 0.3 is 0 Å². The Morgan fingerprint density at radius 3 is 2.33 bits per heavy atom. The molecular weight excluding hydrogens is 426 g/mol. The fraction of sp³-hybridized carbons (Fsp3) is 0.320. The number of nitrogens with zero attached hydrogens (tertiary/aromatic N) is 3. The number of piperazine rings is 1. The number of hydrogen-bond acceptors (Lipinski definition) is 6. The molecule has 0 saturated carbocycles. The number of benzene rings is 2. The molecule has 1 unspecified atom stereocenters. The van der Waals surface area contributed by atoms with E-state index in [0.29, 0.717) is 35.3 Å². The van der Waals surface area contributed by atoms with Gasteiger partial charge in [0, 0.05) is 50.0 Å². The highest BCUT2D eigenvalue weighted by molar-refractivity contribution is 5.83. The summed E-state index contributed by atoms with van der Waals surface area (Å²) >= 11 is 0. The minimum absolute atomic E-state index is 0.123. The summed E-state index contributed by atoms with van der Waals surface area (Å²) in [6.07, 6.45) is 2.32. The SMILES string of the molecule is Oc1c(-c2ccnc(N3CCNCC3)c2)cc(F)cc1-c1ccc(N2CCCC2O)c(F)c1. The molecule has 6 nitrogen and oxygen atoms in total. The number of hydrogen-bond donors (Lipinski definition) is 3. The van der Waals surface area contributed by atoms with Crippen LogP contribution in [0.5, 0.6) is 5.75 Å². The van der Waals surface area contributed by atoms with Crippen LogP contribution in [0, 0.1) is 11.6 Å². The Morgan fingerprint density at radius 1 is 0.939 bits per heavy atom. The van der Waals surface area contributed by atoms with Crippen LogP contribution in [0.25, 0.3) is 22.3 Å².